The van der Waals surface area contributed by atoms with Crippen LogP contribution in [0.1, 0.15) is 22.8 Å². The van der Waals surface area contributed by atoms with Gasteiger partial charge in [0.2, 0.25) is 5.91 Å². The molecule has 32 heavy (non-hydrogen) atoms. The van der Waals surface area contributed by atoms with Gasteiger partial charge < -0.3 is 20.1 Å². The number of aryl methyl sites for hydroxylation is 1. The highest BCUT2D eigenvalue weighted by Gasteiger charge is 2.17. The Labute approximate surface area is 191 Å². The minimum atomic E-state index is -0.342. The Hall–Kier alpha value is -3.45. The molecule has 1 heterocycles. The Morgan fingerprint density at radius 3 is 2.44 bits per heavy atom. The van der Waals surface area contributed by atoms with Crippen molar-refractivity contribution in [3.63, 3.8) is 0 Å². The molecule has 1 unspecified atom stereocenters. The van der Waals surface area contributed by atoms with Crippen LogP contribution in [0.25, 0.3) is 0 Å². The predicted molar refractivity (Wildman–Crippen MR) is 127 cm³/mol. The largest absolute Gasteiger partial charge is 0.486 e. The molecule has 0 saturated carbocycles. The van der Waals surface area contributed by atoms with E-state index in [1.807, 2.05) is 56.3 Å². The smallest absolute Gasteiger partial charge is 0.255 e. The number of amides is 2. The molecule has 0 bridgehead atoms. The van der Waals surface area contributed by atoms with E-state index in [4.69, 9.17) is 9.47 Å². The molecule has 0 aromatic heterocycles. The molecule has 1 aliphatic rings. The highest BCUT2D eigenvalue weighted by atomic mass is 32.2. The van der Waals surface area contributed by atoms with Gasteiger partial charge in [-0.25, -0.2) is 0 Å². The third-order valence-electron chi connectivity index (χ3n) is 4.86. The number of ether oxygens (including phenoxy) is 2. The zero-order chi connectivity index (χ0) is 22.5. The molecule has 1 atom stereocenters. The molecule has 3 aromatic rings. The maximum Gasteiger partial charge on any atom is 0.255 e. The lowest BCUT2D eigenvalue weighted by molar-refractivity contribution is -0.115. The standard InChI is InChI=1S/C25H24N2O4S/c1-16-5-3-6-18(13-16)25(29)27-19-7-4-8-21(14-19)32-17(2)24(28)26-20-9-10-22-23(15-20)31-12-11-30-22/h3-10,13-15,17H,11-12H2,1-2H3,(H,26,28)(H,27,29). The first-order valence-electron chi connectivity index (χ1n) is 10.3. The number of carbonyl (C=O) groups is 2. The van der Waals surface area contributed by atoms with Gasteiger partial charge in [0, 0.05) is 27.9 Å². The number of benzene rings is 3. The van der Waals surface area contributed by atoms with Gasteiger partial charge in [-0.15, -0.1) is 11.8 Å². The van der Waals surface area contributed by atoms with Crippen molar-refractivity contribution in [2.45, 2.75) is 24.0 Å². The molecule has 0 radical (unpaired) electrons. The Morgan fingerprint density at radius 1 is 0.875 bits per heavy atom. The molecule has 0 spiro atoms. The molecule has 4 rings (SSSR count). The lowest BCUT2D eigenvalue weighted by atomic mass is 10.1. The van der Waals surface area contributed by atoms with E-state index in [2.05, 4.69) is 10.6 Å². The second-order valence-electron chi connectivity index (χ2n) is 7.46. The van der Waals surface area contributed by atoms with Gasteiger partial charge in [0.15, 0.2) is 11.5 Å². The van der Waals surface area contributed by atoms with Crippen LogP contribution in [0, 0.1) is 6.92 Å². The van der Waals surface area contributed by atoms with Crippen molar-refractivity contribution in [2.75, 3.05) is 23.8 Å². The van der Waals surface area contributed by atoms with Crippen molar-refractivity contribution < 1.29 is 19.1 Å². The summed E-state index contributed by atoms with van der Waals surface area (Å²) in [7, 11) is 0. The first-order valence-corrected chi connectivity index (χ1v) is 11.2. The molecular weight excluding hydrogens is 424 g/mol. The van der Waals surface area contributed by atoms with Crippen LogP contribution in [-0.4, -0.2) is 30.3 Å². The summed E-state index contributed by atoms with van der Waals surface area (Å²) in [4.78, 5) is 26.1. The number of rotatable bonds is 6. The number of hydrogen-bond acceptors (Lipinski definition) is 5. The van der Waals surface area contributed by atoms with Crippen LogP contribution >= 0.6 is 11.8 Å². The summed E-state index contributed by atoms with van der Waals surface area (Å²) >= 11 is 1.42. The van der Waals surface area contributed by atoms with Gasteiger partial charge in [-0.1, -0.05) is 23.8 Å². The number of hydrogen-bond donors (Lipinski definition) is 2. The van der Waals surface area contributed by atoms with Crippen LogP contribution in [0.4, 0.5) is 11.4 Å². The Bertz CT molecular complexity index is 1150. The third-order valence-corrected chi connectivity index (χ3v) is 5.96. The van der Waals surface area contributed by atoms with Crippen LogP contribution in [0.5, 0.6) is 11.5 Å². The zero-order valence-electron chi connectivity index (χ0n) is 17.9. The molecule has 164 valence electrons. The maximum absolute atomic E-state index is 12.7. The van der Waals surface area contributed by atoms with Gasteiger partial charge in [-0.2, -0.15) is 0 Å². The third kappa shape index (κ3) is 5.42. The molecule has 0 aliphatic carbocycles. The first kappa shape index (κ1) is 21.8. The summed E-state index contributed by atoms with van der Waals surface area (Å²) in [6.45, 7) is 4.81. The average Bonchev–Trinajstić information content (AvgIpc) is 2.79. The fourth-order valence-corrected chi connectivity index (χ4v) is 4.19. The summed E-state index contributed by atoms with van der Waals surface area (Å²) < 4.78 is 11.1. The second-order valence-corrected chi connectivity index (χ2v) is 8.87. The fraction of sp³-hybridized carbons (Fsp3) is 0.200. The Kier molecular flexibility index (Phi) is 6.66. The highest BCUT2D eigenvalue weighted by Crippen LogP contribution is 2.33. The fourth-order valence-electron chi connectivity index (χ4n) is 3.26. The summed E-state index contributed by atoms with van der Waals surface area (Å²) in [5.41, 5.74) is 2.97. The summed E-state index contributed by atoms with van der Waals surface area (Å²) in [6, 6.07) is 20.3. The van der Waals surface area contributed by atoms with Gasteiger partial charge in [0.1, 0.15) is 13.2 Å². The van der Waals surface area contributed by atoms with Crippen LogP contribution in [-0.2, 0) is 4.79 Å². The molecule has 2 amide bonds. The second kappa shape index (κ2) is 9.78. The zero-order valence-corrected chi connectivity index (χ0v) is 18.7. The van der Waals surface area contributed by atoms with Crippen LogP contribution in [0.2, 0.25) is 0 Å². The number of thioether (sulfide) groups is 1. The van der Waals surface area contributed by atoms with Crippen molar-refractivity contribution in [3.05, 3.63) is 77.9 Å². The minimum Gasteiger partial charge on any atom is -0.486 e. The first-order chi connectivity index (χ1) is 15.5. The Morgan fingerprint density at radius 2 is 1.62 bits per heavy atom. The van der Waals surface area contributed by atoms with Gasteiger partial charge in [0.25, 0.3) is 5.91 Å². The molecule has 7 heteroatoms. The van der Waals surface area contributed by atoms with E-state index in [0.717, 1.165) is 10.5 Å². The normalized spacial score (nSPS) is 13.2. The van der Waals surface area contributed by atoms with Gasteiger partial charge in [-0.05, 0) is 56.3 Å². The van der Waals surface area contributed by atoms with Crippen molar-refractivity contribution in [1.29, 1.82) is 0 Å². The number of carbonyl (C=O) groups excluding carboxylic acids is 2. The molecule has 3 aromatic carbocycles. The van der Waals surface area contributed by atoms with E-state index in [1.165, 1.54) is 11.8 Å². The van der Waals surface area contributed by atoms with E-state index in [9.17, 15) is 9.59 Å². The molecule has 2 N–H and O–H groups in total. The lowest BCUT2D eigenvalue weighted by Crippen LogP contribution is -2.22. The SMILES string of the molecule is Cc1cccc(C(=O)Nc2cccc(SC(C)C(=O)Nc3ccc4c(c3)OCCO4)c2)c1. The van der Waals surface area contributed by atoms with Gasteiger partial charge in [-0.3, -0.25) is 9.59 Å². The van der Waals surface area contributed by atoms with Crippen LogP contribution in [0.3, 0.4) is 0 Å². The van der Waals surface area contributed by atoms with Crippen LogP contribution < -0.4 is 20.1 Å². The van der Waals surface area contributed by atoms with E-state index < -0.39 is 0 Å². The van der Waals surface area contributed by atoms with Crippen LogP contribution in [0.15, 0.2) is 71.6 Å². The molecular formula is C25H24N2O4S. The number of anilines is 2. The number of nitrogens with one attached hydrogen (secondary N) is 2. The van der Waals surface area contributed by atoms with Crippen molar-refractivity contribution >= 4 is 35.0 Å². The van der Waals surface area contributed by atoms with Gasteiger partial charge in [0.05, 0.1) is 5.25 Å². The molecule has 0 fully saturated rings. The average molecular weight is 449 g/mol. The molecule has 1 aliphatic heterocycles. The van der Waals surface area contributed by atoms with Crippen molar-refractivity contribution in [1.82, 2.24) is 0 Å². The summed E-state index contributed by atoms with van der Waals surface area (Å²) in [6.07, 6.45) is 0. The van der Waals surface area contributed by atoms with Crippen molar-refractivity contribution in [3.8, 4) is 11.5 Å². The topological polar surface area (TPSA) is 76.7 Å². The predicted octanol–water partition coefficient (Wildman–Crippen LogP) is 5.14. The van der Waals surface area contributed by atoms with E-state index in [0.29, 0.717) is 41.7 Å². The quantitative estimate of drug-likeness (QED) is 0.511. The van der Waals surface area contributed by atoms with E-state index in [-0.39, 0.29) is 17.1 Å². The molecule has 6 nitrogen and oxygen atoms in total. The number of fused-ring (bicyclic) bond motifs is 1. The van der Waals surface area contributed by atoms with Crippen molar-refractivity contribution in [2.24, 2.45) is 0 Å². The highest BCUT2D eigenvalue weighted by molar-refractivity contribution is 8.00. The lowest BCUT2D eigenvalue weighted by Gasteiger charge is -2.19. The van der Waals surface area contributed by atoms with Gasteiger partial charge >= 0.3 is 0 Å². The molecule has 0 saturated heterocycles. The monoisotopic (exact) mass is 448 g/mol. The maximum atomic E-state index is 12.7. The Balaban J connectivity index is 1.37. The van der Waals surface area contributed by atoms with E-state index >= 15 is 0 Å². The summed E-state index contributed by atoms with van der Waals surface area (Å²) in [5.74, 6) is 1.02. The minimum absolute atomic E-state index is 0.124. The van der Waals surface area contributed by atoms with E-state index in [1.54, 1.807) is 24.3 Å². The summed E-state index contributed by atoms with van der Waals surface area (Å²) in [5, 5.41) is 5.50.